The molecule has 0 fully saturated rings. The monoisotopic (exact) mass is 430 g/mol. The first-order valence-corrected chi connectivity index (χ1v) is 11.3. The van der Waals surface area contributed by atoms with Gasteiger partial charge in [0.1, 0.15) is 12.1 Å². The number of hydrogen-bond donors (Lipinski definition) is 1. The first-order valence-electron chi connectivity index (χ1n) is 10.5. The SMILES string of the molecule is O=C(Cn1nnc2ccccc2c1=O)NC(c1ccc2c(c1)CCCC2)c1cccs1. The van der Waals surface area contributed by atoms with Gasteiger partial charge in [-0.1, -0.05) is 41.6 Å². The lowest BCUT2D eigenvalue weighted by atomic mass is 9.89. The highest BCUT2D eigenvalue weighted by Gasteiger charge is 2.21. The first kappa shape index (κ1) is 19.6. The number of hydrogen-bond acceptors (Lipinski definition) is 5. The molecule has 156 valence electrons. The van der Waals surface area contributed by atoms with Crippen LogP contribution < -0.4 is 10.9 Å². The summed E-state index contributed by atoms with van der Waals surface area (Å²) in [5.41, 5.74) is 4.05. The van der Waals surface area contributed by atoms with E-state index in [-0.39, 0.29) is 24.1 Å². The van der Waals surface area contributed by atoms with Gasteiger partial charge in [-0.25, -0.2) is 4.68 Å². The summed E-state index contributed by atoms with van der Waals surface area (Å²) < 4.78 is 1.12. The first-order chi connectivity index (χ1) is 15.2. The van der Waals surface area contributed by atoms with Crippen LogP contribution in [0.5, 0.6) is 0 Å². The molecule has 0 aliphatic heterocycles. The topological polar surface area (TPSA) is 76.9 Å². The predicted molar refractivity (Wildman–Crippen MR) is 121 cm³/mol. The molecule has 0 radical (unpaired) electrons. The summed E-state index contributed by atoms with van der Waals surface area (Å²) in [6, 6.07) is 17.3. The fourth-order valence-corrected chi connectivity index (χ4v) is 4.98. The summed E-state index contributed by atoms with van der Waals surface area (Å²) >= 11 is 1.61. The van der Waals surface area contributed by atoms with Gasteiger partial charge in [-0.3, -0.25) is 9.59 Å². The van der Waals surface area contributed by atoms with Crippen molar-refractivity contribution in [3.8, 4) is 0 Å². The van der Waals surface area contributed by atoms with Gasteiger partial charge in [0, 0.05) is 4.88 Å². The second kappa shape index (κ2) is 8.43. The number of nitrogens with zero attached hydrogens (tertiary/aromatic N) is 3. The summed E-state index contributed by atoms with van der Waals surface area (Å²) in [5, 5.41) is 13.6. The third kappa shape index (κ3) is 4.01. The molecule has 0 bridgehead atoms. The quantitative estimate of drug-likeness (QED) is 0.524. The average molecular weight is 431 g/mol. The van der Waals surface area contributed by atoms with Gasteiger partial charge in [0.05, 0.1) is 11.4 Å². The lowest BCUT2D eigenvalue weighted by Crippen LogP contribution is -2.36. The van der Waals surface area contributed by atoms with Crippen molar-refractivity contribution >= 4 is 28.1 Å². The molecule has 6 nitrogen and oxygen atoms in total. The van der Waals surface area contributed by atoms with E-state index in [4.69, 9.17) is 0 Å². The fraction of sp³-hybridized carbons (Fsp3) is 0.250. The Kier molecular flexibility index (Phi) is 5.34. The molecular formula is C24H22N4O2S. The van der Waals surface area contributed by atoms with E-state index in [1.807, 2.05) is 17.5 Å². The molecule has 1 unspecified atom stereocenters. The maximum Gasteiger partial charge on any atom is 0.278 e. The minimum Gasteiger partial charge on any atom is -0.343 e. The molecule has 2 heterocycles. The van der Waals surface area contributed by atoms with Crippen LogP contribution in [0.15, 0.2) is 64.8 Å². The van der Waals surface area contributed by atoms with Crippen LogP contribution in [0.25, 0.3) is 10.9 Å². The fourth-order valence-electron chi connectivity index (χ4n) is 4.18. The smallest absolute Gasteiger partial charge is 0.278 e. The number of amides is 1. The van der Waals surface area contributed by atoms with Gasteiger partial charge in [0.15, 0.2) is 0 Å². The molecule has 1 aliphatic carbocycles. The molecule has 1 atom stereocenters. The van der Waals surface area contributed by atoms with Gasteiger partial charge < -0.3 is 5.32 Å². The van der Waals surface area contributed by atoms with Crippen molar-refractivity contribution < 1.29 is 4.79 Å². The van der Waals surface area contributed by atoms with Crippen LogP contribution in [0, 0.1) is 0 Å². The summed E-state index contributed by atoms with van der Waals surface area (Å²) in [6.45, 7) is -0.177. The molecule has 4 aromatic rings. The van der Waals surface area contributed by atoms with Crippen molar-refractivity contribution in [2.24, 2.45) is 0 Å². The Bertz CT molecular complexity index is 1300. The largest absolute Gasteiger partial charge is 0.343 e. The third-order valence-electron chi connectivity index (χ3n) is 5.76. The number of aryl methyl sites for hydroxylation is 2. The molecule has 0 saturated carbocycles. The number of benzene rings is 2. The van der Waals surface area contributed by atoms with E-state index in [2.05, 4.69) is 33.8 Å². The molecule has 7 heteroatoms. The van der Waals surface area contributed by atoms with E-state index in [0.717, 1.165) is 28.0 Å². The van der Waals surface area contributed by atoms with Gasteiger partial charge in [-0.2, -0.15) is 0 Å². The predicted octanol–water partition coefficient (Wildman–Crippen LogP) is 3.64. The maximum atomic E-state index is 12.9. The molecular weight excluding hydrogens is 408 g/mol. The molecule has 5 rings (SSSR count). The molecule has 2 aromatic heterocycles. The van der Waals surface area contributed by atoms with Gasteiger partial charge in [0.25, 0.3) is 5.56 Å². The standard InChI is InChI=1S/C24H22N4O2S/c29-22(15-28-24(30)19-8-3-4-9-20(19)26-27-28)25-23(21-10-5-13-31-21)18-12-11-16-6-1-2-7-17(16)14-18/h3-5,8-14,23H,1-2,6-7,15H2,(H,25,29). The van der Waals surface area contributed by atoms with Gasteiger partial charge >= 0.3 is 0 Å². The Hall–Kier alpha value is -3.32. The van der Waals surface area contributed by atoms with Gasteiger partial charge in [0.2, 0.25) is 5.91 Å². The molecule has 2 aromatic carbocycles. The van der Waals surface area contributed by atoms with E-state index in [1.54, 1.807) is 35.6 Å². The van der Waals surface area contributed by atoms with Crippen molar-refractivity contribution in [2.75, 3.05) is 0 Å². The molecule has 1 N–H and O–H groups in total. The van der Waals surface area contributed by atoms with Crippen molar-refractivity contribution in [1.29, 1.82) is 0 Å². The van der Waals surface area contributed by atoms with E-state index < -0.39 is 0 Å². The summed E-state index contributed by atoms with van der Waals surface area (Å²) in [5.74, 6) is -0.275. The number of aromatic nitrogens is 3. The van der Waals surface area contributed by atoms with Crippen molar-refractivity contribution in [3.05, 3.63) is 91.9 Å². The Morgan fingerprint density at radius 2 is 1.90 bits per heavy atom. The lowest BCUT2D eigenvalue weighted by molar-refractivity contribution is -0.122. The van der Waals surface area contributed by atoms with E-state index in [1.165, 1.54) is 24.0 Å². The summed E-state index contributed by atoms with van der Waals surface area (Å²) in [7, 11) is 0. The van der Waals surface area contributed by atoms with Crippen LogP contribution in [0.2, 0.25) is 0 Å². The number of nitrogens with one attached hydrogen (secondary N) is 1. The highest BCUT2D eigenvalue weighted by atomic mass is 32.1. The Balaban J connectivity index is 1.42. The van der Waals surface area contributed by atoms with Crippen LogP contribution in [-0.4, -0.2) is 20.9 Å². The highest BCUT2D eigenvalue weighted by Crippen LogP contribution is 2.30. The van der Waals surface area contributed by atoms with Gasteiger partial charge in [-0.15, -0.1) is 16.4 Å². The molecule has 31 heavy (non-hydrogen) atoms. The zero-order chi connectivity index (χ0) is 21.2. The Morgan fingerprint density at radius 3 is 2.74 bits per heavy atom. The van der Waals surface area contributed by atoms with E-state index in [0.29, 0.717) is 10.9 Å². The van der Waals surface area contributed by atoms with Crippen LogP contribution in [-0.2, 0) is 24.2 Å². The van der Waals surface area contributed by atoms with E-state index >= 15 is 0 Å². The van der Waals surface area contributed by atoms with Crippen LogP contribution >= 0.6 is 11.3 Å². The van der Waals surface area contributed by atoms with Gasteiger partial charge in [-0.05, 0) is 66.0 Å². The van der Waals surface area contributed by atoms with E-state index in [9.17, 15) is 9.59 Å². The Labute approximate surface area is 183 Å². The number of carbonyl (C=O) groups is 1. The number of thiophene rings is 1. The normalized spacial score (nSPS) is 14.2. The summed E-state index contributed by atoms with van der Waals surface area (Å²) in [6.07, 6.45) is 4.64. The van der Waals surface area contributed by atoms with Crippen molar-refractivity contribution in [2.45, 2.75) is 38.3 Å². The summed E-state index contributed by atoms with van der Waals surface area (Å²) in [4.78, 5) is 26.7. The molecule has 0 saturated heterocycles. The van der Waals surface area contributed by atoms with Crippen LogP contribution in [0.4, 0.5) is 0 Å². The number of carbonyl (C=O) groups excluding carboxylic acids is 1. The third-order valence-corrected chi connectivity index (χ3v) is 6.70. The molecule has 1 aliphatic rings. The molecule has 0 spiro atoms. The number of fused-ring (bicyclic) bond motifs is 2. The minimum atomic E-state index is -0.317. The zero-order valence-corrected chi connectivity index (χ0v) is 17.8. The van der Waals surface area contributed by atoms with Crippen LogP contribution in [0.1, 0.15) is 40.5 Å². The van der Waals surface area contributed by atoms with Crippen LogP contribution in [0.3, 0.4) is 0 Å². The zero-order valence-electron chi connectivity index (χ0n) is 17.0. The van der Waals surface area contributed by atoms with Crippen molar-refractivity contribution in [1.82, 2.24) is 20.3 Å². The second-order valence-corrected chi connectivity index (χ2v) is 8.80. The maximum absolute atomic E-state index is 12.9. The van der Waals surface area contributed by atoms with Crippen molar-refractivity contribution in [3.63, 3.8) is 0 Å². The lowest BCUT2D eigenvalue weighted by Gasteiger charge is -2.22. The second-order valence-electron chi connectivity index (χ2n) is 7.82. The Morgan fingerprint density at radius 1 is 1.06 bits per heavy atom. The highest BCUT2D eigenvalue weighted by molar-refractivity contribution is 7.10. The molecule has 1 amide bonds. The minimum absolute atomic E-state index is 0.177. The average Bonchev–Trinajstić information content (AvgIpc) is 3.34. The number of rotatable bonds is 5.